The van der Waals surface area contributed by atoms with Gasteiger partial charge in [0.05, 0.1) is 0 Å². The predicted molar refractivity (Wildman–Crippen MR) is 62.5 cm³/mol. The summed E-state index contributed by atoms with van der Waals surface area (Å²) in [7, 11) is -0.539. The lowest BCUT2D eigenvalue weighted by Gasteiger charge is -2.15. The molecule has 0 bridgehead atoms. The molecule has 5 heteroatoms. The Labute approximate surface area is 83.4 Å². The van der Waals surface area contributed by atoms with E-state index in [9.17, 15) is 0 Å². The molecule has 0 aliphatic rings. The molecule has 0 fully saturated rings. The van der Waals surface area contributed by atoms with Gasteiger partial charge in [-0.3, -0.25) is 0 Å². The second-order valence-corrected chi connectivity index (χ2v) is 8.44. The van der Waals surface area contributed by atoms with Gasteiger partial charge in [0.25, 0.3) is 9.28 Å². The van der Waals surface area contributed by atoms with Gasteiger partial charge in [-0.15, -0.1) is 0 Å². The van der Waals surface area contributed by atoms with E-state index in [1.165, 1.54) is 18.9 Å². The molecular formula is C7H22O2Si3. The van der Waals surface area contributed by atoms with Crippen LogP contribution in [0.2, 0.25) is 12.6 Å². The Balaban J connectivity index is 3.43. The molecule has 74 valence electrons. The Bertz CT molecular complexity index is 103. The molecule has 0 saturated carbocycles. The van der Waals surface area contributed by atoms with Crippen molar-refractivity contribution in [2.24, 2.45) is 5.92 Å². The van der Waals surface area contributed by atoms with Gasteiger partial charge in [0.2, 0.25) is 0 Å². The van der Waals surface area contributed by atoms with Crippen LogP contribution in [0.3, 0.4) is 0 Å². The van der Waals surface area contributed by atoms with Crippen molar-refractivity contribution in [2.75, 3.05) is 0 Å². The highest BCUT2D eigenvalue weighted by atomic mass is 28.4. The second-order valence-electron chi connectivity index (χ2n) is 3.21. The first-order valence-electron chi connectivity index (χ1n) is 4.88. The SMILES string of the molecule is CCC(C)CC[SiH](O[SiH3])O[SiH2]C. The van der Waals surface area contributed by atoms with Gasteiger partial charge in [0.1, 0.15) is 20.2 Å². The molecule has 0 aliphatic heterocycles. The predicted octanol–water partition coefficient (Wildman–Crippen LogP) is 0.0886. The summed E-state index contributed by atoms with van der Waals surface area (Å²) in [5.74, 6) is 0.846. The lowest BCUT2D eigenvalue weighted by Crippen LogP contribution is -2.23. The molecule has 2 atom stereocenters. The van der Waals surface area contributed by atoms with Crippen LogP contribution in [0.5, 0.6) is 0 Å². The Kier molecular flexibility index (Phi) is 8.57. The third-order valence-electron chi connectivity index (χ3n) is 2.21. The number of hydrogen-bond donors (Lipinski definition) is 0. The average molecular weight is 223 g/mol. The van der Waals surface area contributed by atoms with Crippen LogP contribution in [-0.4, -0.2) is 29.5 Å². The summed E-state index contributed by atoms with van der Waals surface area (Å²) in [6.07, 6.45) is 2.58. The Hall–Kier alpha value is 0.571. The van der Waals surface area contributed by atoms with Crippen LogP contribution in [0.1, 0.15) is 26.7 Å². The minimum absolute atomic E-state index is 0.237. The summed E-state index contributed by atoms with van der Waals surface area (Å²) in [5.41, 5.74) is 0. The standard InChI is InChI=1S/C7H22O2Si3/c1-4-7(2)5-6-12(8-10)9-11-3/h7,12H,4-6,11H2,1-3,10H3. The molecule has 0 heterocycles. The average Bonchev–Trinajstić information content (AvgIpc) is 2.11. The van der Waals surface area contributed by atoms with Gasteiger partial charge >= 0.3 is 0 Å². The van der Waals surface area contributed by atoms with Crippen molar-refractivity contribution in [3.63, 3.8) is 0 Å². The molecular weight excluding hydrogens is 200 g/mol. The molecule has 0 radical (unpaired) electrons. The number of rotatable bonds is 7. The third kappa shape index (κ3) is 6.13. The van der Waals surface area contributed by atoms with Crippen LogP contribution < -0.4 is 0 Å². The zero-order chi connectivity index (χ0) is 9.40. The zero-order valence-electron chi connectivity index (χ0n) is 8.80. The van der Waals surface area contributed by atoms with Gasteiger partial charge in [-0.1, -0.05) is 26.8 Å². The molecule has 0 spiro atoms. The molecule has 0 amide bonds. The van der Waals surface area contributed by atoms with E-state index in [4.69, 9.17) is 8.23 Å². The molecule has 0 aromatic carbocycles. The highest BCUT2D eigenvalue weighted by Crippen LogP contribution is 2.12. The maximum absolute atomic E-state index is 5.68. The van der Waals surface area contributed by atoms with Gasteiger partial charge in [-0.05, 0) is 18.4 Å². The fourth-order valence-electron chi connectivity index (χ4n) is 1.08. The fourth-order valence-corrected chi connectivity index (χ4v) is 6.79. The Morgan fingerprint density at radius 1 is 1.58 bits per heavy atom. The zero-order valence-corrected chi connectivity index (χ0v) is 13.4. The number of hydrogen-bond acceptors (Lipinski definition) is 2. The molecule has 0 aliphatic carbocycles. The highest BCUT2D eigenvalue weighted by Gasteiger charge is 2.10. The maximum Gasteiger partial charge on any atom is 0.299 e. The van der Waals surface area contributed by atoms with Crippen LogP contribution in [0.4, 0.5) is 0 Å². The molecule has 0 aromatic heterocycles. The summed E-state index contributed by atoms with van der Waals surface area (Å²) in [6, 6.07) is 1.22. The van der Waals surface area contributed by atoms with Crippen molar-refractivity contribution >= 4 is 29.5 Å². The third-order valence-corrected chi connectivity index (χ3v) is 7.94. The van der Waals surface area contributed by atoms with E-state index in [1.807, 2.05) is 0 Å². The Morgan fingerprint density at radius 2 is 2.25 bits per heavy atom. The van der Waals surface area contributed by atoms with E-state index >= 15 is 0 Å². The minimum atomic E-state index is -1.16. The molecule has 0 aromatic rings. The summed E-state index contributed by atoms with van der Waals surface area (Å²) < 4.78 is 11.2. The second kappa shape index (κ2) is 8.18. The van der Waals surface area contributed by atoms with Crippen LogP contribution >= 0.6 is 0 Å². The molecule has 12 heavy (non-hydrogen) atoms. The summed E-state index contributed by atoms with van der Waals surface area (Å²) in [5, 5.41) is 0. The van der Waals surface area contributed by atoms with Crippen LogP contribution in [0.25, 0.3) is 0 Å². The molecule has 2 unspecified atom stereocenters. The van der Waals surface area contributed by atoms with Crippen molar-refractivity contribution in [2.45, 2.75) is 39.3 Å². The molecule has 2 nitrogen and oxygen atoms in total. The van der Waals surface area contributed by atoms with E-state index in [0.29, 0.717) is 0 Å². The van der Waals surface area contributed by atoms with Crippen molar-refractivity contribution < 1.29 is 8.23 Å². The lowest BCUT2D eigenvalue weighted by atomic mass is 10.1. The molecule has 0 saturated heterocycles. The maximum atomic E-state index is 5.68. The van der Waals surface area contributed by atoms with Crippen LogP contribution in [0, 0.1) is 5.92 Å². The van der Waals surface area contributed by atoms with Crippen LogP contribution in [0.15, 0.2) is 0 Å². The first kappa shape index (κ1) is 12.6. The quantitative estimate of drug-likeness (QED) is 0.569. The van der Waals surface area contributed by atoms with Crippen molar-refractivity contribution in [3.8, 4) is 0 Å². The topological polar surface area (TPSA) is 18.5 Å². The van der Waals surface area contributed by atoms with Crippen LogP contribution in [-0.2, 0) is 8.23 Å². The van der Waals surface area contributed by atoms with Gasteiger partial charge in [-0.2, -0.15) is 0 Å². The van der Waals surface area contributed by atoms with E-state index in [2.05, 4.69) is 20.4 Å². The van der Waals surface area contributed by atoms with Crippen molar-refractivity contribution in [1.29, 1.82) is 0 Å². The molecule has 0 rings (SSSR count). The minimum Gasteiger partial charge on any atom is -0.447 e. The fraction of sp³-hybridized carbons (Fsp3) is 1.00. The van der Waals surface area contributed by atoms with Crippen molar-refractivity contribution in [3.05, 3.63) is 0 Å². The van der Waals surface area contributed by atoms with E-state index in [0.717, 1.165) is 16.4 Å². The van der Waals surface area contributed by atoms with E-state index in [1.54, 1.807) is 0 Å². The van der Waals surface area contributed by atoms with Gasteiger partial charge < -0.3 is 8.23 Å². The summed E-state index contributed by atoms with van der Waals surface area (Å²) in [4.78, 5) is 0. The van der Waals surface area contributed by atoms with Gasteiger partial charge in [0.15, 0.2) is 0 Å². The van der Waals surface area contributed by atoms with E-state index < -0.39 is 9.28 Å². The lowest BCUT2D eigenvalue weighted by molar-refractivity contribution is 0.441. The molecule has 0 N–H and O–H groups in total. The normalized spacial score (nSPS) is 17.2. The van der Waals surface area contributed by atoms with Gasteiger partial charge in [-0.25, -0.2) is 0 Å². The Morgan fingerprint density at radius 3 is 2.67 bits per heavy atom. The van der Waals surface area contributed by atoms with E-state index in [-0.39, 0.29) is 9.76 Å². The smallest absolute Gasteiger partial charge is 0.299 e. The largest absolute Gasteiger partial charge is 0.447 e. The van der Waals surface area contributed by atoms with Gasteiger partial charge in [0, 0.05) is 0 Å². The first-order valence-corrected chi connectivity index (χ1v) is 9.45. The first-order chi connectivity index (χ1) is 5.74. The highest BCUT2D eigenvalue weighted by molar-refractivity contribution is 6.55. The summed E-state index contributed by atoms with van der Waals surface area (Å²) >= 11 is 0. The monoisotopic (exact) mass is 222 g/mol. The van der Waals surface area contributed by atoms with Crippen molar-refractivity contribution in [1.82, 2.24) is 0 Å². The summed E-state index contributed by atoms with van der Waals surface area (Å²) in [6.45, 7) is 6.74.